The Balaban J connectivity index is 2.23. The first kappa shape index (κ1) is 13.4. The number of amides is 2. The highest BCUT2D eigenvalue weighted by molar-refractivity contribution is 6.00. The number of nitrogens with one attached hydrogen (secondary N) is 1. The maximum absolute atomic E-state index is 12.2. The lowest BCUT2D eigenvalue weighted by Gasteiger charge is -2.25. The van der Waals surface area contributed by atoms with Crippen LogP contribution in [-0.4, -0.2) is 17.4 Å². The van der Waals surface area contributed by atoms with Crippen LogP contribution in [0.4, 0.5) is 0 Å². The van der Waals surface area contributed by atoms with Crippen molar-refractivity contribution in [2.45, 2.75) is 38.1 Å². The monoisotopic (exact) mass is 260 g/mol. The average molecular weight is 260 g/mol. The summed E-state index contributed by atoms with van der Waals surface area (Å²) < 4.78 is 0. The molecule has 0 aliphatic heterocycles. The van der Waals surface area contributed by atoms with E-state index in [1.54, 1.807) is 12.1 Å². The van der Waals surface area contributed by atoms with Gasteiger partial charge >= 0.3 is 5.91 Å². The van der Waals surface area contributed by atoms with Gasteiger partial charge in [0.2, 0.25) is 0 Å². The molecule has 0 bridgehead atoms. The van der Waals surface area contributed by atoms with Gasteiger partial charge in [-0.2, -0.15) is 0 Å². The van der Waals surface area contributed by atoms with E-state index in [-0.39, 0.29) is 5.91 Å². The number of hydrogen-bond acceptors (Lipinski definition) is 3. The van der Waals surface area contributed by atoms with Crippen LogP contribution in [0.5, 0.6) is 0 Å². The number of rotatable bonds is 3. The Bertz CT molecular complexity index is 519. The van der Waals surface area contributed by atoms with Gasteiger partial charge in [-0.25, -0.2) is 0 Å². The zero-order valence-electron chi connectivity index (χ0n) is 10.8. The van der Waals surface area contributed by atoms with E-state index in [0.29, 0.717) is 18.4 Å². The normalized spacial score (nSPS) is 16.9. The zero-order valence-corrected chi connectivity index (χ0v) is 10.8. The number of carbonyl (C=O) groups is 2. The molecule has 100 valence electrons. The first-order chi connectivity index (χ1) is 9.09. The zero-order chi connectivity index (χ0) is 13.9. The number of hydrogen-bond donors (Lipinski definition) is 1. The third kappa shape index (κ3) is 2.54. The predicted octanol–water partition coefficient (Wildman–Crippen LogP) is 2.33. The van der Waals surface area contributed by atoms with Crippen molar-refractivity contribution < 1.29 is 9.59 Å². The van der Waals surface area contributed by atoms with Crippen LogP contribution in [0.3, 0.4) is 0 Å². The topological polar surface area (TPSA) is 75.6 Å². The molecule has 1 aliphatic carbocycles. The Morgan fingerprint density at radius 2 is 1.84 bits per heavy atom. The van der Waals surface area contributed by atoms with Crippen LogP contribution in [0.1, 0.15) is 41.6 Å². The van der Waals surface area contributed by atoms with Crippen LogP contribution < -0.4 is 5.32 Å². The predicted molar refractivity (Wildman–Crippen MR) is 70.6 cm³/mol. The van der Waals surface area contributed by atoms with Gasteiger partial charge in [-0.05, 0) is 31.4 Å². The van der Waals surface area contributed by atoms with Crippen molar-refractivity contribution in [1.29, 1.82) is 0 Å². The molecule has 19 heavy (non-hydrogen) atoms. The SMILES string of the molecule is Cc1ccccc1C(=O)NC1(C(=O)N=O)CCCC1. The van der Waals surface area contributed by atoms with Crippen molar-refractivity contribution in [3.8, 4) is 0 Å². The standard InChI is InChI=1S/C14H16N2O3/c1-10-6-2-3-7-11(10)12(17)15-14(13(18)16-19)8-4-5-9-14/h2-3,6-7H,4-5,8-9H2,1H3,(H,15,17). The fourth-order valence-corrected chi connectivity index (χ4v) is 2.57. The average Bonchev–Trinajstić information content (AvgIpc) is 2.88. The van der Waals surface area contributed by atoms with Gasteiger partial charge < -0.3 is 5.32 Å². The summed E-state index contributed by atoms with van der Waals surface area (Å²) in [5.41, 5.74) is 0.258. The Hall–Kier alpha value is -2.04. The molecule has 0 radical (unpaired) electrons. The molecule has 0 spiro atoms. The maximum atomic E-state index is 12.2. The molecule has 1 aromatic carbocycles. The quantitative estimate of drug-likeness (QED) is 0.847. The molecule has 0 aromatic heterocycles. The molecule has 2 amide bonds. The van der Waals surface area contributed by atoms with Crippen LogP contribution in [0.2, 0.25) is 0 Å². The third-order valence-electron chi connectivity index (χ3n) is 3.69. The molecule has 0 atom stereocenters. The summed E-state index contributed by atoms with van der Waals surface area (Å²) in [5.74, 6) is -1.09. The second-order valence-electron chi connectivity index (χ2n) is 4.95. The van der Waals surface area contributed by atoms with Crippen molar-refractivity contribution in [2.24, 2.45) is 5.18 Å². The van der Waals surface area contributed by atoms with Gasteiger partial charge in [0.15, 0.2) is 0 Å². The molecule has 1 N–H and O–H groups in total. The minimum atomic E-state index is -1.10. The summed E-state index contributed by atoms with van der Waals surface area (Å²) in [6.07, 6.45) is 2.59. The molecule has 1 saturated carbocycles. The van der Waals surface area contributed by atoms with Crippen molar-refractivity contribution in [3.63, 3.8) is 0 Å². The van der Waals surface area contributed by atoms with Gasteiger partial charge in [-0.15, -0.1) is 4.91 Å². The van der Waals surface area contributed by atoms with Crippen LogP contribution in [0.15, 0.2) is 29.4 Å². The maximum Gasteiger partial charge on any atom is 0.311 e. The van der Waals surface area contributed by atoms with E-state index in [9.17, 15) is 14.5 Å². The fraction of sp³-hybridized carbons (Fsp3) is 0.429. The van der Waals surface area contributed by atoms with E-state index in [1.165, 1.54) is 0 Å². The van der Waals surface area contributed by atoms with Gasteiger partial charge in [-0.1, -0.05) is 31.0 Å². The highest BCUT2D eigenvalue weighted by atomic mass is 16.3. The fourth-order valence-electron chi connectivity index (χ4n) is 2.57. The lowest BCUT2D eigenvalue weighted by molar-refractivity contribution is -0.123. The summed E-state index contributed by atoms with van der Waals surface area (Å²) in [5, 5.41) is 5.23. The summed E-state index contributed by atoms with van der Waals surface area (Å²) in [6.45, 7) is 1.83. The summed E-state index contributed by atoms with van der Waals surface area (Å²) in [7, 11) is 0. The first-order valence-electron chi connectivity index (χ1n) is 6.35. The lowest BCUT2D eigenvalue weighted by Crippen LogP contribution is -2.52. The second kappa shape index (κ2) is 5.30. The highest BCUT2D eigenvalue weighted by Crippen LogP contribution is 2.31. The minimum absolute atomic E-state index is 0.322. The van der Waals surface area contributed by atoms with E-state index in [4.69, 9.17) is 0 Å². The van der Waals surface area contributed by atoms with Crippen LogP contribution >= 0.6 is 0 Å². The molecular formula is C14H16N2O3. The first-order valence-corrected chi connectivity index (χ1v) is 6.35. The van der Waals surface area contributed by atoms with E-state index < -0.39 is 11.4 Å². The van der Waals surface area contributed by atoms with E-state index in [0.717, 1.165) is 18.4 Å². The molecule has 1 fully saturated rings. The molecule has 0 unspecified atom stereocenters. The van der Waals surface area contributed by atoms with E-state index in [1.807, 2.05) is 19.1 Å². The highest BCUT2D eigenvalue weighted by Gasteiger charge is 2.43. The molecule has 1 aromatic rings. The third-order valence-corrected chi connectivity index (χ3v) is 3.69. The Kier molecular flexibility index (Phi) is 3.74. The van der Waals surface area contributed by atoms with Crippen molar-refractivity contribution in [1.82, 2.24) is 5.32 Å². The summed E-state index contributed by atoms with van der Waals surface area (Å²) in [4.78, 5) is 34.5. The van der Waals surface area contributed by atoms with Crippen LogP contribution in [0, 0.1) is 11.8 Å². The molecular weight excluding hydrogens is 244 g/mol. The van der Waals surface area contributed by atoms with Crippen molar-refractivity contribution in [3.05, 3.63) is 40.3 Å². The van der Waals surface area contributed by atoms with Gasteiger partial charge in [0, 0.05) is 10.7 Å². The number of nitrogens with zero attached hydrogens (tertiary/aromatic N) is 1. The number of aryl methyl sites for hydroxylation is 1. The minimum Gasteiger partial charge on any atom is -0.337 e. The van der Waals surface area contributed by atoms with Crippen molar-refractivity contribution >= 4 is 11.8 Å². The Labute approximate surface area is 111 Å². The largest absolute Gasteiger partial charge is 0.337 e. The van der Waals surface area contributed by atoms with E-state index in [2.05, 4.69) is 10.5 Å². The summed E-state index contributed by atoms with van der Waals surface area (Å²) >= 11 is 0. The Morgan fingerprint density at radius 3 is 2.42 bits per heavy atom. The number of carbonyl (C=O) groups excluding carboxylic acids is 2. The van der Waals surface area contributed by atoms with Gasteiger partial charge in [0.1, 0.15) is 5.54 Å². The van der Waals surface area contributed by atoms with Crippen LogP contribution in [0.25, 0.3) is 0 Å². The number of nitroso groups, excluding NO2 is 1. The molecule has 0 heterocycles. The number of benzene rings is 1. The van der Waals surface area contributed by atoms with Crippen LogP contribution in [-0.2, 0) is 4.79 Å². The molecule has 0 saturated heterocycles. The molecule has 5 heteroatoms. The molecule has 5 nitrogen and oxygen atoms in total. The van der Waals surface area contributed by atoms with Gasteiger partial charge in [-0.3, -0.25) is 9.59 Å². The Morgan fingerprint density at radius 1 is 1.21 bits per heavy atom. The molecule has 2 rings (SSSR count). The second-order valence-corrected chi connectivity index (χ2v) is 4.95. The molecule has 1 aliphatic rings. The van der Waals surface area contributed by atoms with E-state index >= 15 is 0 Å². The van der Waals surface area contributed by atoms with Gasteiger partial charge in [0.25, 0.3) is 5.91 Å². The van der Waals surface area contributed by atoms with Gasteiger partial charge in [0.05, 0.1) is 0 Å². The lowest BCUT2D eigenvalue weighted by atomic mass is 9.95. The van der Waals surface area contributed by atoms with Crippen molar-refractivity contribution in [2.75, 3.05) is 0 Å². The smallest absolute Gasteiger partial charge is 0.311 e. The summed E-state index contributed by atoms with van der Waals surface area (Å²) in [6, 6.07) is 7.14.